The fourth-order valence-electron chi connectivity index (χ4n) is 3.60. The molecule has 0 aliphatic heterocycles. The molecule has 0 aromatic heterocycles. The van der Waals surface area contributed by atoms with Crippen molar-refractivity contribution in [2.75, 3.05) is 5.75 Å². The van der Waals surface area contributed by atoms with E-state index in [1.165, 1.54) is 96.3 Å². The van der Waals surface area contributed by atoms with Gasteiger partial charge in [0.2, 0.25) is 0 Å². The molecular formula is C22H45NaO4S. The van der Waals surface area contributed by atoms with Gasteiger partial charge in [-0.3, -0.25) is 0 Å². The maximum atomic E-state index is 10.5. The summed E-state index contributed by atoms with van der Waals surface area (Å²) >= 11 is 0. The molecule has 0 aromatic carbocycles. The van der Waals surface area contributed by atoms with Crippen LogP contribution in [0.25, 0.3) is 0 Å². The van der Waals surface area contributed by atoms with Crippen LogP contribution in [0.1, 0.15) is 129 Å². The summed E-state index contributed by atoms with van der Waals surface area (Å²) < 4.78 is 31.6. The van der Waals surface area contributed by atoms with Crippen LogP contribution in [0.3, 0.4) is 0 Å². The summed E-state index contributed by atoms with van der Waals surface area (Å²) in [6.45, 7) is 2.27. The molecule has 0 aliphatic carbocycles. The summed E-state index contributed by atoms with van der Waals surface area (Å²) in [7, 11) is -4.30. The van der Waals surface area contributed by atoms with E-state index in [1.807, 2.05) is 0 Å². The molecule has 0 heterocycles. The Morgan fingerprint density at radius 1 is 0.643 bits per heavy atom. The van der Waals surface area contributed by atoms with Crippen LogP contribution in [0.15, 0.2) is 0 Å². The van der Waals surface area contributed by atoms with Crippen molar-refractivity contribution in [3.05, 3.63) is 0 Å². The molecule has 4 nitrogen and oxygen atoms in total. The van der Waals surface area contributed by atoms with Gasteiger partial charge in [0, 0.05) is 0 Å². The van der Waals surface area contributed by atoms with Gasteiger partial charge in [0.1, 0.15) is 0 Å². The van der Waals surface area contributed by atoms with Gasteiger partial charge in [0.05, 0.1) is 22.0 Å². The third-order valence-corrected chi connectivity index (χ3v) is 6.08. The molecule has 1 atom stereocenters. The fourth-order valence-corrected chi connectivity index (χ4v) is 4.24. The number of hydrogen-bond donors (Lipinski definition) is 1. The monoisotopic (exact) mass is 428 g/mol. The molecule has 0 saturated heterocycles. The summed E-state index contributed by atoms with van der Waals surface area (Å²) in [6.07, 6.45) is 22.9. The predicted octanol–water partition coefficient (Wildman–Crippen LogP) is 3.33. The van der Waals surface area contributed by atoms with Crippen LogP contribution in [-0.4, -0.2) is 29.9 Å². The molecule has 0 bridgehead atoms. The van der Waals surface area contributed by atoms with Gasteiger partial charge in [0.25, 0.3) is 0 Å². The molecule has 0 aromatic rings. The molecule has 0 amide bonds. The normalized spacial score (nSPS) is 12.7. The molecular weight excluding hydrogens is 383 g/mol. The minimum atomic E-state index is -4.30. The summed E-state index contributed by atoms with van der Waals surface area (Å²) in [4.78, 5) is 0. The standard InChI is InChI=1S/C22H46O4S.Na/c1-2-3-4-5-6-7-8-9-10-11-12-13-14-15-16-17-18-19-20-22(23)21-27(24,25)26;/h22-23H,2-21H2,1H3,(H,24,25,26);/q;+1/p-1. The Balaban J connectivity index is 0. The van der Waals surface area contributed by atoms with Crippen LogP contribution >= 0.6 is 0 Å². The number of rotatable bonds is 21. The van der Waals surface area contributed by atoms with E-state index >= 15 is 0 Å². The van der Waals surface area contributed by atoms with E-state index in [9.17, 15) is 18.1 Å². The van der Waals surface area contributed by atoms with E-state index in [0.29, 0.717) is 6.42 Å². The van der Waals surface area contributed by atoms with Crippen molar-refractivity contribution in [3.63, 3.8) is 0 Å². The van der Waals surface area contributed by atoms with Crippen molar-refractivity contribution >= 4 is 10.1 Å². The first-order valence-corrected chi connectivity index (χ1v) is 13.1. The number of aliphatic hydroxyl groups excluding tert-OH is 1. The van der Waals surface area contributed by atoms with E-state index in [4.69, 9.17) is 0 Å². The number of unbranched alkanes of at least 4 members (excludes halogenated alkanes) is 17. The zero-order valence-corrected chi connectivity index (χ0v) is 21.6. The summed E-state index contributed by atoms with van der Waals surface area (Å²) in [5.41, 5.74) is 0. The van der Waals surface area contributed by atoms with Crippen molar-refractivity contribution in [3.8, 4) is 0 Å². The van der Waals surface area contributed by atoms with Crippen LogP contribution < -0.4 is 29.6 Å². The van der Waals surface area contributed by atoms with Crippen molar-refractivity contribution in [1.29, 1.82) is 0 Å². The van der Waals surface area contributed by atoms with Gasteiger partial charge in [-0.05, 0) is 6.42 Å². The Hall–Kier alpha value is 0.870. The molecule has 0 rings (SSSR count). The molecule has 1 N–H and O–H groups in total. The van der Waals surface area contributed by atoms with Gasteiger partial charge in [0.15, 0.2) is 0 Å². The first kappa shape index (κ1) is 31.1. The van der Waals surface area contributed by atoms with Gasteiger partial charge in [-0.1, -0.05) is 122 Å². The van der Waals surface area contributed by atoms with E-state index in [0.717, 1.165) is 19.3 Å². The second-order valence-electron chi connectivity index (χ2n) is 8.18. The molecule has 28 heavy (non-hydrogen) atoms. The largest absolute Gasteiger partial charge is 1.00 e. The topological polar surface area (TPSA) is 77.4 Å². The van der Waals surface area contributed by atoms with Gasteiger partial charge in [-0.15, -0.1) is 0 Å². The molecule has 0 radical (unpaired) electrons. The van der Waals surface area contributed by atoms with Gasteiger partial charge < -0.3 is 9.66 Å². The Morgan fingerprint density at radius 2 is 0.929 bits per heavy atom. The van der Waals surface area contributed by atoms with E-state index in [2.05, 4.69) is 6.92 Å². The van der Waals surface area contributed by atoms with Gasteiger partial charge in [-0.2, -0.15) is 0 Å². The molecule has 1 unspecified atom stereocenters. The summed E-state index contributed by atoms with van der Waals surface area (Å²) in [6, 6.07) is 0. The molecule has 0 spiro atoms. The van der Waals surface area contributed by atoms with E-state index in [1.54, 1.807) is 0 Å². The minimum absolute atomic E-state index is 0. The fraction of sp³-hybridized carbons (Fsp3) is 1.00. The van der Waals surface area contributed by atoms with Gasteiger partial charge in [-0.25, -0.2) is 8.42 Å². The average Bonchev–Trinajstić information content (AvgIpc) is 2.59. The van der Waals surface area contributed by atoms with E-state index in [-0.39, 0.29) is 29.6 Å². The van der Waals surface area contributed by atoms with Gasteiger partial charge >= 0.3 is 29.6 Å². The summed E-state index contributed by atoms with van der Waals surface area (Å²) in [5, 5.41) is 9.44. The van der Waals surface area contributed by atoms with Crippen molar-refractivity contribution in [2.24, 2.45) is 0 Å². The van der Waals surface area contributed by atoms with Crippen molar-refractivity contribution < 1.29 is 47.6 Å². The van der Waals surface area contributed by atoms with Crippen molar-refractivity contribution in [1.82, 2.24) is 0 Å². The Morgan fingerprint density at radius 3 is 1.21 bits per heavy atom. The Kier molecular flexibility index (Phi) is 25.0. The second kappa shape index (κ2) is 22.6. The summed E-state index contributed by atoms with van der Waals surface area (Å²) in [5.74, 6) is -0.647. The quantitative estimate of drug-likeness (QED) is 0.173. The van der Waals surface area contributed by atoms with Crippen LogP contribution in [0, 0.1) is 0 Å². The maximum Gasteiger partial charge on any atom is 1.00 e. The third kappa shape index (κ3) is 26.9. The van der Waals surface area contributed by atoms with E-state index < -0.39 is 22.0 Å². The molecule has 0 fully saturated rings. The molecule has 6 heteroatoms. The second-order valence-corrected chi connectivity index (χ2v) is 9.63. The third-order valence-electron chi connectivity index (χ3n) is 5.29. The number of hydrogen-bond acceptors (Lipinski definition) is 4. The van der Waals surface area contributed by atoms with Crippen LogP contribution in [-0.2, 0) is 10.1 Å². The van der Waals surface area contributed by atoms with Crippen LogP contribution in [0.2, 0.25) is 0 Å². The van der Waals surface area contributed by atoms with Crippen LogP contribution in [0.4, 0.5) is 0 Å². The molecule has 0 saturated carbocycles. The zero-order chi connectivity index (χ0) is 20.2. The number of aliphatic hydroxyl groups is 1. The maximum absolute atomic E-state index is 10.5. The zero-order valence-electron chi connectivity index (χ0n) is 18.8. The Bertz CT molecular complexity index is 401. The Labute approximate surface area is 197 Å². The van der Waals surface area contributed by atoms with Crippen molar-refractivity contribution in [2.45, 2.75) is 135 Å². The first-order valence-electron chi connectivity index (χ1n) is 11.6. The molecule has 0 aliphatic rings. The SMILES string of the molecule is CCCCCCCCCCCCCCCCCCCCC(O)CS(=O)(=O)[O-].[Na+]. The predicted molar refractivity (Wildman–Crippen MR) is 114 cm³/mol. The average molecular weight is 429 g/mol. The van der Waals surface area contributed by atoms with Crippen LogP contribution in [0.5, 0.6) is 0 Å². The smallest absolute Gasteiger partial charge is 0.748 e. The first-order chi connectivity index (χ1) is 13.0. The molecule has 164 valence electrons. The minimum Gasteiger partial charge on any atom is -0.748 e.